The van der Waals surface area contributed by atoms with Crippen LogP contribution in [0.4, 0.5) is 4.79 Å². The van der Waals surface area contributed by atoms with E-state index in [0.717, 1.165) is 0 Å². The number of benzene rings is 1. The molecule has 0 bridgehead atoms. The van der Waals surface area contributed by atoms with Crippen molar-refractivity contribution in [2.75, 3.05) is 32.9 Å². The molecule has 1 atom stereocenters. The normalized spacial score (nSPS) is 18.8. The predicted molar refractivity (Wildman–Crippen MR) is 79.7 cm³/mol. The molecule has 6 nitrogen and oxygen atoms in total. The average Bonchev–Trinajstić information content (AvgIpc) is 2.49. The number of nitrogens with zero attached hydrogens (tertiary/aromatic N) is 2. The van der Waals surface area contributed by atoms with E-state index >= 15 is 0 Å². The molecule has 1 saturated heterocycles. The molecule has 1 aliphatic rings. The van der Waals surface area contributed by atoms with Gasteiger partial charge in [0.05, 0.1) is 24.7 Å². The molecule has 0 spiro atoms. The first-order chi connectivity index (χ1) is 10.1. The third-order valence-electron chi connectivity index (χ3n) is 2.91. The van der Waals surface area contributed by atoms with Crippen LogP contribution in [-0.4, -0.2) is 47.5 Å². The molecule has 1 unspecified atom stereocenters. The lowest BCUT2D eigenvalue weighted by Gasteiger charge is -2.29. The van der Waals surface area contributed by atoms with E-state index in [1.807, 2.05) is 0 Å². The van der Waals surface area contributed by atoms with Gasteiger partial charge in [0.25, 0.3) is 0 Å². The van der Waals surface area contributed by atoms with Crippen molar-refractivity contribution in [1.29, 1.82) is 0 Å². The molecule has 1 aromatic carbocycles. The van der Waals surface area contributed by atoms with Crippen molar-refractivity contribution >= 4 is 27.6 Å². The van der Waals surface area contributed by atoms with Crippen molar-refractivity contribution in [3.63, 3.8) is 0 Å². The zero-order valence-corrected chi connectivity index (χ0v) is 13.2. The first-order valence-electron chi connectivity index (χ1n) is 6.58. The van der Waals surface area contributed by atoms with Gasteiger partial charge in [-0.3, -0.25) is 0 Å². The maximum atomic E-state index is 13.3. The highest BCUT2D eigenvalue weighted by Crippen LogP contribution is 2.22. The van der Waals surface area contributed by atoms with Crippen LogP contribution in [0.3, 0.4) is 0 Å². The molecule has 1 aliphatic heterocycles. The second-order valence-electron chi connectivity index (χ2n) is 4.28. The fourth-order valence-electron chi connectivity index (χ4n) is 1.92. The van der Waals surface area contributed by atoms with Crippen LogP contribution in [0.2, 0.25) is 5.02 Å². The second kappa shape index (κ2) is 7.22. The van der Waals surface area contributed by atoms with Gasteiger partial charge in [-0.05, 0) is 31.2 Å². The van der Waals surface area contributed by atoms with Crippen LogP contribution >= 0.6 is 11.6 Å². The van der Waals surface area contributed by atoms with Crippen LogP contribution < -0.4 is 0 Å². The standard InChI is InChI=1S/C13H17ClN2O4S/c1-2-20-13(17)15-21(18,16-7-9-19-10-8-16)12-5-3-11(14)4-6-12/h3-6H,2,7-10H2,1H3. The van der Waals surface area contributed by atoms with E-state index in [0.29, 0.717) is 36.2 Å². The van der Waals surface area contributed by atoms with Crippen molar-refractivity contribution < 1.29 is 18.5 Å². The maximum Gasteiger partial charge on any atom is 0.443 e. The Morgan fingerprint density at radius 2 is 2.00 bits per heavy atom. The molecule has 0 N–H and O–H groups in total. The van der Waals surface area contributed by atoms with Crippen LogP contribution in [0.25, 0.3) is 0 Å². The summed E-state index contributed by atoms with van der Waals surface area (Å²) in [5, 5.41) is 0.526. The summed E-state index contributed by atoms with van der Waals surface area (Å²) in [7, 11) is -3.06. The van der Waals surface area contributed by atoms with Gasteiger partial charge in [-0.25, -0.2) is 13.3 Å². The summed E-state index contributed by atoms with van der Waals surface area (Å²) in [5.74, 6) is 0. The molecule has 8 heteroatoms. The summed E-state index contributed by atoms with van der Waals surface area (Å²) in [5.41, 5.74) is 0. The van der Waals surface area contributed by atoms with Crippen LogP contribution in [0.1, 0.15) is 6.92 Å². The second-order valence-corrected chi connectivity index (χ2v) is 6.88. The number of rotatable bonds is 3. The Bertz CT molecular complexity index is 605. The number of carbonyl (C=O) groups excluding carboxylic acids is 1. The van der Waals surface area contributed by atoms with E-state index in [1.165, 1.54) is 0 Å². The minimum atomic E-state index is -3.06. The van der Waals surface area contributed by atoms with Crippen molar-refractivity contribution in [1.82, 2.24) is 4.31 Å². The molecule has 2 rings (SSSR count). The molecule has 0 saturated carbocycles. The first-order valence-corrected chi connectivity index (χ1v) is 8.43. The van der Waals surface area contributed by atoms with E-state index in [4.69, 9.17) is 21.1 Å². The van der Waals surface area contributed by atoms with Crippen LogP contribution in [0.5, 0.6) is 0 Å². The quantitative estimate of drug-likeness (QED) is 0.853. The van der Waals surface area contributed by atoms with Gasteiger partial charge in [-0.15, -0.1) is 4.36 Å². The number of halogens is 1. The Morgan fingerprint density at radius 3 is 2.57 bits per heavy atom. The minimum absolute atomic E-state index is 0.182. The van der Waals surface area contributed by atoms with Gasteiger partial charge < -0.3 is 9.47 Å². The lowest BCUT2D eigenvalue weighted by molar-refractivity contribution is 0.0744. The van der Waals surface area contributed by atoms with Crippen LogP contribution in [-0.2, 0) is 19.4 Å². The molecule has 1 aromatic rings. The average molecular weight is 333 g/mol. The topological polar surface area (TPSA) is 68.2 Å². The Hall–Kier alpha value is -1.15. The summed E-state index contributed by atoms with van der Waals surface area (Å²) in [6, 6.07) is 6.47. The monoisotopic (exact) mass is 332 g/mol. The first kappa shape index (κ1) is 16.2. The molecule has 1 amide bonds. The molecule has 1 heterocycles. The smallest absolute Gasteiger partial charge is 0.443 e. The van der Waals surface area contributed by atoms with E-state index in [2.05, 4.69) is 4.36 Å². The predicted octanol–water partition coefficient (Wildman–Crippen LogP) is 2.57. The Morgan fingerprint density at radius 1 is 1.38 bits per heavy atom. The van der Waals surface area contributed by atoms with Crippen molar-refractivity contribution in [3.8, 4) is 0 Å². The van der Waals surface area contributed by atoms with Gasteiger partial charge in [0.2, 0.25) is 0 Å². The Labute approximate surface area is 129 Å². The van der Waals surface area contributed by atoms with Crippen molar-refractivity contribution in [2.24, 2.45) is 4.36 Å². The Balaban J connectivity index is 2.44. The number of amides is 1. The molecule has 1 fully saturated rings. The molecule has 0 aromatic heterocycles. The molecular weight excluding hydrogens is 316 g/mol. The van der Waals surface area contributed by atoms with Gasteiger partial charge in [0.15, 0.2) is 0 Å². The van der Waals surface area contributed by atoms with Gasteiger partial charge in [-0.2, -0.15) is 0 Å². The number of ether oxygens (including phenoxy) is 2. The van der Waals surface area contributed by atoms with E-state index in [9.17, 15) is 9.00 Å². The summed E-state index contributed by atoms with van der Waals surface area (Å²) in [6.45, 7) is 3.62. The fourth-order valence-corrected chi connectivity index (χ4v) is 3.95. The Kier molecular flexibility index (Phi) is 5.58. The van der Waals surface area contributed by atoms with E-state index in [-0.39, 0.29) is 6.61 Å². The number of hydrogen-bond acceptors (Lipinski definition) is 4. The SMILES string of the molecule is CCOC(=O)N=S(=O)(c1ccc(Cl)cc1)N1CCOCC1. The number of hydrogen-bond donors (Lipinski definition) is 0. The number of morpholine rings is 1. The molecular formula is C13H17ClN2O4S. The summed E-state index contributed by atoms with van der Waals surface area (Å²) < 4.78 is 28.8. The van der Waals surface area contributed by atoms with Crippen LogP contribution in [0, 0.1) is 0 Å². The third kappa shape index (κ3) is 3.94. The van der Waals surface area contributed by atoms with Gasteiger partial charge in [0, 0.05) is 18.1 Å². The summed E-state index contributed by atoms with van der Waals surface area (Å²) in [6.07, 6.45) is -0.830. The van der Waals surface area contributed by atoms with Gasteiger partial charge in [-0.1, -0.05) is 11.6 Å². The minimum Gasteiger partial charge on any atom is -0.448 e. The van der Waals surface area contributed by atoms with E-state index in [1.54, 1.807) is 35.5 Å². The fraction of sp³-hybridized carbons (Fsp3) is 0.462. The largest absolute Gasteiger partial charge is 0.448 e. The molecule has 21 heavy (non-hydrogen) atoms. The molecule has 0 radical (unpaired) electrons. The van der Waals surface area contributed by atoms with Crippen molar-refractivity contribution in [3.05, 3.63) is 29.3 Å². The summed E-state index contributed by atoms with van der Waals surface area (Å²) in [4.78, 5) is 12.1. The lowest BCUT2D eigenvalue weighted by atomic mass is 10.4. The van der Waals surface area contributed by atoms with Crippen LogP contribution in [0.15, 0.2) is 33.5 Å². The zero-order chi connectivity index (χ0) is 15.3. The van der Waals surface area contributed by atoms with Gasteiger partial charge in [0.1, 0.15) is 9.92 Å². The maximum absolute atomic E-state index is 13.3. The lowest BCUT2D eigenvalue weighted by Crippen LogP contribution is -2.40. The van der Waals surface area contributed by atoms with Gasteiger partial charge >= 0.3 is 6.09 Å². The number of carbonyl (C=O) groups is 1. The highest BCUT2D eigenvalue weighted by Gasteiger charge is 2.26. The molecule has 116 valence electrons. The van der Waals surface area contributed by atoms with Crippen molar-refractivity contribution in [2.45, 2.75) is 11.8 Å². The highest BCUT2D eigenvalue weighted by molar-refractivity contribution is 7.91. The summed E-state index contributed by atoms with van der Waals surface area (Å²) >= 11 is 5.85. The molecule has 0 aliphatic carbocycles. The zero-order valence-electron chi connectivity index (χ0n) is 11.7. The highest BCUT2D eigenvalue weighted by atomic mass is 35.5. The van der Waals surface area contributed by atoms with E-state index < -0.39 is 16.0 Å². The third-order valence-corrected chi connectivity index (χ3v) is 5.51.